The smallest absolute Gasteiger partial charge is 0.253 e. The van der Waals surface area contributed by atoms with Crippen LogP contribution in [-0.2, 0) is 14.3 Å². The van der Waals surface area contributed by atoms with Gasteiger partial charge in [-0.15, -0.1) is 0 Å². The summed E-state index contributed by atoms with van der Waals surface area (Å²) < 4.78 is 19.5. The number of carbonyl (C=O) groups is 2. The molecule has 0 unspecified atom stereocenters. The second-order valence-corrected chi connectivity index (χ2v) is 6.74. The quantitative estimate of drug-likeness (QED) is 0.666. The maximum Gasteiger partial charge on any atom is 0.253 e. The third-order valence-corrected chi connectivity index (χ3v) is 4.94. The van der Waals surface area contributed by atoms with Crippen LogP contribution >= 0.6 is 0 Å². The number of ether oxygens (including phenoxy) is 1. The standard InChI is InChI=1S/C18H25FN4O3/c19-14-8-13(23-6-7-26-11-17(23)24)4-5-15(14)22-18(25)16(9-20)21-10-12-2-1-3-12/h4-5,8,12,16,21H,1-3,6-7,9-11,20H2,(H,22,25)/t16-/m0/s1. The van der Waals surface area contributed by atoms with Gasteiger partial charge < -0.3 is 26.0 Å². The Labute approximate surface area is 152 Å². The minimum atomic E-state index is -0.593. The molecule has 3 rings (SSSR count). The summed E-state index contributed by atoms with van der Waals surface area (Å²) in [5.41, 5.74) is 6.20. The molecule has 0 aromatic heterocycles. The minimum Gasteiger partial charge on any atom is -0.370 e. The average molecular weight is 364 g/mol. The lowest BCUT2D eigenvalue weighted by molar-refractivity contribution is -0.125. The Morgan fingerprint density at radius 3 is 2.85 bits per heavy atom. The number of carbonyl (C=O) groups excluding carboxylic acids is 2. The number of rotatable bonds is 7. The molecule has 1 aromatic carbocycles. The zero-order chi connectivity index (χ0) is 18.5. The van der Waals surface area contributed by atoms with Crippen LogP contribution in [0, 0.1) is 11.7 Å². The third-order valence-electron chi connectivity index (χ3n) is 4.94. The molecule has 0 spiro atoms. The van der Waals surface area contributed by atoms with Crippen molar-refractivity contribution < 1.29 is 18.7 Å². The molecule has 0 radical (unpaired) electrons. The molecule has 1 aliphatic carbocycles. The molecule has 8 heteroatoms. The van der Waals surface area contributed by atoms with E-state index in [0.717, 1.165) is 6.54 Å². The molecule has 0 bridgehead atoms. The van der Waals surface area contributed by atoms with E-state index < -0.39 is 11.9 Å². The van der Waals surface area contributed by atoms with Gasteiger partial charge in [-0.2, -0.15) is 0 Å². The molecule has 1 saturated carbocycles. The maximum absolute atomic E-state index is 14.4. The summed E-state index contributed by atoms with van der Waals surface area (Å²) in [6.07, 6.45) is 3.57. The van der Waals surface area contributed by atoms with Gasteiger partial charge in [-0.05, 0) is 43.5 Å². The SMILES string of the molecule is NC[C@H](NCC1CCC1)C(=O)Nc1ccc(N2CCOCC2=O)cc1F. The first-order valence-corrected chi connectivity index (χ1v) is 9.00. The van der Waals surface area contributed by atoms with Gasteiger partial charge in [0.2, 0.25) is 5.91 Å². The number of nitrogens with two attached hydrogens (primary N) is 1. The first-order valence-electron chi connectivity index (χ1n) is 9.00. The lowest BCUT2D eigenvalue weighted by atomic mass is 9.85. The minimum absolute atomic E-state index is 0.00898. The largest absolute Gasteiger partial charge is 0.370 e. The number of hydrogen-bond acceptors (Lipinski definition) is 5. The Morgan fingerprint density at radius 1 is 1.42 bits per heavy atom. The topological polar surface area (TPSA) is 96.7 Å². The van der Waals surface area contributed by atoms with Crippen molar-refractivity contribution >= 4 is 23.2 Å². The van der Waals surface area contributed by atoms with Crippen LogP contribution in [0.25, 0.3) is 0 Å². The van der Waals surface area contributed by atoms with E-state index in [1.807, 2.05) is 0 Å². The molecule has 2 amide bonds. The lowest BCUT2D eigenvalue weighted by Gasteiger charge is -2.28. The van der Waals surface area contributed by atoms with Gasteiger partial charge in [-0.3, -0.25) is 9.59 Å². The summed E-state index contributed by atoms with van der Waals surface area (Å²) in [5.74, 6) is -0.569. The molecule has 1 saturated heterocycles. The van der Waals surface area contributed by atoms with Crippen molar-refractivity contribution in [3.63, 3.8) is 0 Å². The van der Waals surface area contributed by atoms with E-state index in [-0.39, 0.29) is 30.7 Å². The fourth-order valence-electron chi connectivity index (χ4n) is 3.07. The first kappa shape index (κ1) is 18.8. The molecule has 1 atom stereocenters. The van der Waals surface area contributed by atoms with Crippen LogP contribution in [0.1, 0.15) is 19.3 Å². The molecule has 7 nitrogen and oxygen atoms in total. The molecule has 26 heavy (non-hydrogen) atoms. The van der Waals surface area contributed by atoms with Crippen molar-refractivity contribution in [1.29, 1.82) is 0 Å². The Bertz CT molecular complexity index is 666. The van der Waals surface area contributed by atoms with Gasteiger partial charge in [0.15, 0.2) is 0 Å². The van der Waals surface area contributed by atoms with Crippen LogP contribution in [0.15, 0.2) is 18.2 Å². The molecule has 2 fully saturated rings. The summed E-state index contributed by atoms with van der Waals surface area (Å²) in [7, 11) is 0. The van der Waals surface area contributed by atoms with Gasteiger partial charge in [0, 0.05) is 18.8 Å². The second kappa shape index (κ2) is 8.57. The predicted octanol–water partition coefficient (Wildman–Crippen LogP) is 0.844. The Morgan fingerprint density at radius 2 is 2.23 bits per heavy atom. The van der Waals surface area contributed by atoms with Crippen LogP contribution in [0.4, 0.5) is 15.8 Å². The highest BCUT2D eigenvalue weighted by molar-refractivity contribution is 5.97. The van der Waals surface area contributed by atoms with E-state index in [0.29, 0.717) is 24.8 Å². The van der Waals surface area contributed by atoms with Gasteiger partial charge >= 0.3 is 0 Å². The number of nitrogens with one attached hydrogen (secondary N) is 2. The summed E-state index contributed by atoms with van der Waals surface area (Å²) in [4.78, 5) is 25.7. The lowest BCUT2D eigenvalue weighted by Crippen LogP contribution is -2.48. The van der Waals surface area contributed by atoms with E-state index in [2.05, 4.69) is 10.6 Å². The molecular weight excluding hydrogens is 339 g/mol. The van der Waals surface area contributed by atoms with Crippen molar-refractivity contribution in [1.82, 2.24) is 5.32 Å². The van der Waals surface area contributed by atoms with Gasteiger partial charge in [-0.25, -0.2) is 4.39 Å². The van der Waals surface area contributed by atoms with E-state index >= 15 is 0 Å². The van der Waals surface area contributed by atoms with E-state index in [9.17, 15) is 14.0 Å². The van der Waals surface area contributed by atoms with Gasteiger partial charge in [0.05, 0.1) is 18.3 Å². The van der Waals surface area contributed by atoms with Crippen LogP contribution < -0.4 is 21.3 Å². The van der Waals surface area contributed by atoms with E-state index in [1.54, 1.807) is 6.07 Å². The Kier molecular flexibility index (Phi) is 6.18. The number of hydrogen-bond donors (Lipinski definition) is 3. The van der Waals surface area contributed by atoms with Crippen LogP contribution in [0.2, 0.25) is 0 Å². The van der Waals surface area contributed by atoms with Crippen LogP contribution in [-0.4, -0.2) is 50.7 Å². The molecule has 2 aliphatic rings. The highest BCUT2D eigenvalue weighted by Crippen LogP contribution is 2.25. The first-order chi connectivity index (χ1) is 12.6. The molecule has 142 valence electrons. The molecule has 1 heterocycles. The number of morpholine rings is 1. The fraction of sp³-hybridized carbons (Fsp3) is 0.556. The Balaban J connectivity index is 1.61. The van der Waals surface area contributed by atoms with Gasteiger partial charge in [-0.1, -0.05) is 6.42 Å². The predicted molar refractivity (Wildman–Crippen MR) is 96.4 cm³/mol. The van der Waals surface area contributed by atoms with Gasteiger partial charge in [0.25, 0.3) is 5.91 Å². The zero-order valence-corrected chi connectivity index (χ0v) is 14.7. The van der Waals surface area contributed by atoms with Crippen LogP contribution in [0.5, 0.6) is 0 Å². The molecule has 1 aromatic rings. The summed E-state index contributed by atoms with van der Waals surface area (Å²) in [5, 5.41) is 5.73. The number of halogens is 1. The number of benzene rings is 1. The summed E-state index contributed by atoms with van der Waals surface area (Å²) in [6, 6.07) is 3.76. The molecule has 1 aliphatic heterocycles. The average Bonchev–Trinajstić information content (AvgIpc) is 2.59. The Hall–Kier alpha value is -2.03. The zero-order valence-electron chi connectivity index (χ0n) is 14.7. The maximum atomic E-state index is 14.4. The normalized spacial score (nSPS) is 19.2. The highest BCUT2D eigenvalue weighted by atomic mass is 19.1. The van der Waals surface area contributed by atoms with Crippen molar-refractivity contribution in [2.75, 3.05) is 43.1 Å². The van der Waals surface area contributed by atoms with Crippen molar-refractivity contribution in [3.8, 4) is 0 Å². The monoisotopic (exact) mass is 364 g/mol. The number of amides is 2. The molecule has 4 N–H and O–H groups in total. The van der Waals surface area contributed by atoms with Crippen molar-refractivity contribution in [2.45, 2.75) is 25.3 Å². The third kappa shape index (κ3) is 4.38. The van der Waals surface area contributed by atoms with E-state index in [4.69, 9.17) is 10.5 Å². The summed E-state index contributed by atoms with van der Waals surface area (Å²) in [6.45, 7) is 1.67. The van der Waals surface area contributed by atoms with Crippen LogP contribution in [0.3, 0.4) is 0 Å². The number of anilines is 2. The second-order valence-electron chi connectivity index (χ2n) is 6.74. The fourth-order valence-corrected chi connectivity index (χ4v) is 3.07. The van der Waals surface area contributed by atoms with Gasteiger partial charge in [0.1, 0.15) is 12.4 Å². The number of nitrogens with zero attached hydrogens (tertiary/aromatic N) is 1. The van der Waals surface area contributed by atoms with E-state index in [1.165, 1.54) is 36.3 Å². The summed E-state index contributed by atoms with van der Waals surface area (Å²) >= 11 is 0. The van der Waals surface area contributed by atoms with Crippen molar-refractivity contribution in [2.24, 2.45) is 11.7 Å². The van der Waals surface area contributed by atoms with Crippen molar-refractivity contribution in [3.05, 3.63) is 24.0 Å². The molecular formula is C18H25FN4O3. The highest BCUT2D eigenvalue weighted by Gasteiger charge is 2.24.